The second-order valence-corrected chi connectivity index (χ2v) is 5.83. The Balaban J connectivity index is 1.77. The van der Waals surface area contributed by atoms with Crippen LogP contribution in [-0.4, -0.2) is 25.2 Å². The first kappa shape index (κ1) is 16.1. The maximum Gasteiger partial charge on any atom is 0.223 e. The summed E-state index contributed by atoms with van der Waals surface area (Å²) >= 11 is 0. The van der Waals surface area contributed by atoms with Crippen LogP contribution in [0.4, 0.5) is 4.39 Å². The Bertz CT molecular complexity index is 1040. The van der Waals surface area contributed by atoms with Gasteiger partial charge in [-0.25, -0.2) is 4.39 Å². The van der Waals surface area contributed by atoms with E-state index in [9.17, 15) is 4.39 Å². The minimum absolute atomic E-state index is 0.347. The molecule has 0 spiro atoms. The number of tetrazole rings is 1. The van der Waals surface area contributed by atoms with Crippen molar-refractivity contribution in [1.29, 1.82) is 0 Å². The fourth-order valence-corrected chi connectivity index (χ4v) is 2.88. The van der Waals surface area contributed by atoms with E-state index in [0.29, 0.717) is 17.2 Å². The van der Waals surface area contributed by atoms with E-state index in [1.165, 1.54) is 16.9 Å². The fraction of sp³-hybridized carbons (Fsp3) is 0.100. The summed E-state index contributed by atoms with van der Waals surface area (Å²) in [5, 5.41) is 12.4. The minimum atomic E-state index is -0.347. The van der Waals surface area contributed by atoms with Crippen molar-refractivity contribution in [2.45, 2.75) is 13.3 Å². The van der Waals surface area contributed by atoms with Crippen molar-refractivity contribution in [3.63, 3.8) is 0 Å². The van der Waals surface area contributed by atoms with Crippen LogP contribution in [0.15, 0.2) is 66.9 Å². The molecule has 2 heterocycles. The summed E-state index contributed by atoms with van der Waals surface area (Å²) in [5.41, 5.74) is 4.08. The van der Waals surface area contributed by atoms with Crippen LogP contribution in [0, 0.1) is 5.82 Å². The Hall–Kier alpha value is -3.41. The lowest BCUT2D eigenvalue weighted by atomic mass is 9.98. The third-order valence-electron chi connectivity index (χ3n) is 4.13. The van der Waals surface area contributed by atoms with E-state index in [-0.39, 0.29) is 5.82 Å². The lowest BCUT2D eigenvalue weighted by Gasteiger charge is -2.09. The normalized spacial score (nSPS) is 10.8. The van der Waals surface area contributed by atoms with Gasteiger partial charge < -0.3 is 0 Å². The highest BCUT2D eigenvalue weighted by Crippen LogP contribution is 2.27. The smallest absolute Gasteiger partial charge is 0.223 e. The standard InChI is InChI=1S/C20H16FN5/c1-2-14-7-3-4-8-18(14)15-11-16(21)13-17(12-15)26-24-20(23-25-26)19-9-5-6-10-22-19/h3-13H,2H2,1H3. The van der Waals surface area contributed by atoms with E-state index in [4.69, 9.17) is 0 Å². The molecule has 5 nitrogen and oxygen atoms in total. The minimum Gasteiger partial charge on any atom is -0.253 e. The predicted molar refractivity (Wildman–Crippen MR) is 97.2 cm³/mol. The van der Waals surface area contributed by atoms with Crippen LogP contribution >= 0.6 is 0 Å². The van der Waals surface area contributed by atoms with Crippen molar-refractivity contribution in [2.75, 3.05) is 0 Å². The Morgan fingerprint density at radius 1 is 1.00 bits per heavy atom. The van der Waals surface area contributed by atoms with Crippen LogP contribution in [-0.2, 0) is 6.42 Å². The number of hydrogen-bond donors (Lipinski definition) is 0. The Labute approximate surface area is 150 Å². The first-order chi connectivity index (χ1) is 12.7. The van der Waals surface area contributed by atoms with Gasteiger partial charge in [0.25, 0.3) is 0 Å². The van der Waals surface area contributed by atoms with Gasteiger partial charge in [0, 0.05) is 12.3 Å². The third-order valence-corrected chi connectivity index (χ3v) is 4.13. The summed E-state index contributed by atoms with van der Waals surface area (Å²) in [6.45, 7) is 2.08. The molecule has 0 N–H and O–H groups in total. The highest BCUT2D eigenvalue weighted by Gasteiger charge is 2.12. The number of halogens is 1. The molecule has 0 aliphatic carbocycles. The quantitative estimate of drug-likeness (QED) is 0.559. The number of aromatic nitrogens is 5. The van der Waals surface area contributed by atoms with Gasteiger partial charge in [-0.2, -0.15) is 0 Å². The maximum atomic E-state index is 14.3. The number of benzene rings is 2. The molecular weight excluding hydrogens is 329 g/mol. The van der Waals surface area contributed by atoms with Gasteiger partial charge in [-0.1, -0.05) is 37.3 Å². The van der Waals surface area contributed by atoms with Crippen molar-refractivity contribution in [3.8, 4) is 28.3 Å². The summed E-state index contributed by atoms with van der Waals surface area (Å²) in [7, 11) is 0. The zero-order valence-corrected chi connectivity index (χ0v) is 14.2. The Morgan fingerprint density at radius 3 is 2.65 bits per heavy atom. The lowest BCUT2D eigenvalue weighted by molar-refractivity contribution is 0.621. The molecule has 0 amide bonds. The molecule has 2 aromatic heterocycles. The molecule has 0 fully saturated rings. The van der Waals surface area contributed by atoms with Gasteiger partial charge in [-0.05, 0) is 52.6 Å². The molecule has 4 aromatic rings. The van der Waals surface area contributed by atoms with Crippen molar-refractivity contribution < 1.29 is 4.39 Å². The zero-order chi connectivity index (χ0) is 17.9. The topological polar surface area (TPSA) is 56.5 Å². The van der Waals surface area contributed by atoms with E-state index in [2.05, 4.69) is 27.3 Å². The van der Waals surface area contributed by atoms with Crippen LogP contribution in [0.25, 0.3) is 28.3 Å². The van der Waals surface area contributed by atoms with Crippen LogP contribution in [0.5, 0.6) is 0 Å². The highest BCUT2D eigenvalue weighted by molar-refractivity contribution is 5.69. The predicted octanol–water partition coefficient (Wildman–Crippen LogP) is 4.09. The summed E-state index contributed by atoms with van der Waals surface area (Å²) < 4.78 is 14.3. The first-order valence-corrected chi connectivity index (χ1v) is 8.35. The molecule has 128 valence electrons. The number of nitrogens with zero attached hydrogens (tertiary/aromatic N) is 5. The highest BCUT2D eigenvalue weighted by atomic mass is 19.1. The second-order valence-electron chi connectivity index (χ2n) is 5.83. The van der Waals surface area contributed by atoms with E-state index in [1.807, 2.05) is 42.5 Å². The van der Waals surface area contributed by atoms with E-state index in [1.54, 1.807) is 12.3 Å². The zero-order valence-electron chi connectivity index (χ0n) is 14.2. The monoisotopic (exact) mass is 345 g/mol. The van der Waals surface area contributed by atoms with Crippen molar-refractivity contribution >= 4 is 0 Å². The average Bonchev–Trinajstić information content (AvgIpc) is 3.18. The van der Waals surface area contributed by atoms with E-state index >= 15 is 0 Å². The van der Waals surface area contributed by atoms with Crippen molar-refractivity contribution in [2.24, 2.45) is 0 Å². The summed E-state index contributed by atoms with van der Waals surface area (Å²) in [6.07, 6.45) is 2.53. The molecule has 0 radical (unpaired) electrons. The molecule has 4 rings (SSSR count). The number of pyridine rings is 1. The fourth-order valence-electron chi connectivity index (χ4n) is 2.88. The van der Waals surface area contributed by atoms with Crippen LogP contribution in [0.1, 0.15) is 12.5 Å². The number of rotatable bonds is 4. The van der Waals surface area contributed by atoms with Gasteiger partial charge in [0.05, 0.1) is 5.69 Å². The Kier molecular flexibility index (Phi) is 4.23. The average molecular weight is 345 g/mol. The van der Waals surface area contributed by atoms with Gasteiger partial charge in [-0.3, -0.25) is 4.98 Å². The van der Waals surface area contributed by atoms with Crippen LogP contribution in [0.2, 0.25) is 0 Å². The van der Waals surface area contributed by atoms with Crippen molar-refractivity contribution in [1.82, 2.24) is 25.2 Å². The van der Waals surface area contributed by atoms with Gasteiger partial charge >= 0.3 is 0 Å². The summed E-state index contributed by atoms with van der Waals surface area (Å²) in [5.74, 6) is 0.0467. The molecule has 6 heteroatoms. The molecule has 0 saturated heterocycles. The lowest BCUT2D eigenvalue weighted by Crippen LogP contribution is -2.01. The molecule has 0 bridgehead atoms. The van der Waals surface area contributed by atoms with Gasteiger partial charge in [0.1, 0.15) is 11.5 Å². The summed E-state index contributed by atoms with van der Waals surface area (Å²) in [4.78, 5) is 5.53. The molecular formula is C20H16FN5. The van der Waals surface area contributed by atoms with Crippen LogP contribution < -0.4 is 0 Å². The third kappa shape index (κ3) is 3.09. The molecule has 0 unspecified atom stereocenters. The number of aryl methyl sites for hydroxylation is 1. The SMILES string of the molecule is CCc1ccccc1-c1cc(F)cc(-n2nnc(-c3ccccn3)n2)c1. The second kappa shape index (κ2) is 6.84. The molecule has 26 heavy (non-hydrogen) atoms. The van der Waals surface area contributed by atoms with Gasteiger partial charge in [-0.15, -0.1) is 15.0 Å². The van der Waals surface area contributed by atoms with E-state index < -0.39 is 0 Å². The van der Waals surface area contributed by atoms with Gasteiger partial charge in [0.15, 0.2) is 0 Å². The molecule has 0 saturated carbocycles. The molecule has 0 aliphatic rings. The molecule has 2 aromatic carbocycles. The number of hydrogen-bond acceptors (Lipinski definition) is 4. The summed E-state index contributed by atoms with van der Waals surface area (Å²) in [6, 6.07) is 18.2. The van der Waals surface area contributed by atoms with Gasteiger partial charge in [0.2, 0.25) is 5.82 Å². The molecule has 0 atom stereocenters. The first-order valence-electron chi connectivity index (χ1n) is 8.35. The van der Waals surface area contributed by atoms with E-state index in [0.717, 1.165) is 23.1 Å². The Morgan fingerprint density at radius 2 is 1.85 bits per heavy atom. The molecule has 0 aliphatic heterocycles. The van der Waals surface area contributed by atoms with Crippen LogP contribution in [0.3, 0.4) is 0 Å². The van der Waals surface area contributed by atoms with Crippen molar-refractivity contribution in [3.05, 3.63) is 78.2 Å². The largest absolute Gasteiger partial charge is 0.253 e. The maximum absolute atomic E-state index is 14.3.